The molecule has 7 heteroatoms. The van der Waals surface area contributed by atoms with Gasteiger partial charge in [0.2, 0.25) is 0 Å². The normalized spacial score (nSPS) is 14.7. The average Bonchev–Trinajstić information content (AvgIpc) is 2.91. The van der Waals surface area contributed by atoms with Gasteiger partial charge in [0, 0.05) is 21.8 Å². The van der Waals surface area contributed by atoms with E-state index in [0.29, 0.717) is 19.6 Å². The number of hydrogen-bond acceptors (Lipinski definition) is 4. The smallest absolute Gasteiger partial charge is 0.256 e. The van der Waals surface area contributed by atoms with Crippen LogP contribution in [0.5, 0.6) is 0 Å². The summed E-state index contributed by atoms with van der Waals surface area (Å²) in [6.07, 6.45) is 0. The number of hydrogen-bond donors (Lipinski definition) is 0. The van der Waals surface area contributed by atoms with E-state index in [4.69, 9.17) is 0 Å². The number of carbonyl (C=O) groups excluding carboxylic acids is 1. The van der Waals surface area contributed by atoms with Crippen LogP contribution in [0, 0.1) is 6.92 Å². The molecule has 0 aliphatic carbocycles. The van der Waals surface area contributed by atoms with E-state index in [1.807, 2.05) is 27.3 Å². The molecule has 1 aliphatic heterocycles. The summed E-state index contributed by atoms with van der Waals surface area (Å²) < 4.78 is 2.74. The Labute approximate surface area is 117 Å². The Balaban J connectivity index is 1.84. The molecule has 0 bridgehead atoms. The maximum atomic E-state index is 12.3. The van der Waals surface area contributed by atoms with Crippen LogP contribution < -0.4 is 0 Å². The van der Waals surface area contributed by atoms with Gasteiger partial charge in [0.15, 0.2) is 0 Å². The molecule has 1 amide bonds. The first-order valence-electron chi connectivity index (χ1n) is 5.56. The van der Waals surface area contributed by atoms with Crippen molar-refractivity contribution in [2.75, 3.05) is 6.54 Å². The van der Waals surface area contributed by atoms with Crippen LogP contribution in [0.3, 0.4) is 0 Å². The molecule has 18 heavy (non-hydrogen) atoms. The third-order valence-corrected chi connectivity index (χ3v) is 4.60. The number of carbonyl (C=O) groups is 1. The van der Waals surface area contributed by atoms with E-state index in [1.54, 1.807) is 0 Å². The van der Waals surface area contributed by atoms with E-state index in [9.17, 15) is 4.79 Å². The van der Waals surface area contributed by atoms with Gasteiger partial charge in [0.25, 0.3) is 5.91 Å². The van der Waals surface area contributed by atoms with Gasteiger partial charge in [-0.05, 0) is 22.9 Å². The fourth-order valence-corrected chi connectivity index (χ4v) is 3.48. The number of fused-ring (bicyclic) bond motifs is 1. The molecule has 0 saturated heterocycles. The topological polar surface area (TPSA) is 51.0 Å². The number of aryl methyl sites for hydroxylation is 1. The van der Waals surface area contributed by atoms with Gasteiger partial charge >= 0.3 is 0 Å². The molecule has 0 aromatic carbocycles. The van der Waals surface area contributed by atoms with Crippen molar-refractivity contribution in [1.29, 1.82) is 0 Å². The fourth-order valence-electron chi connectivity index (χ4n) is 2.04. The summed E-state index contributed by atoms with van der Waals surface area (Å²) in [5, 5.41) is 8.08. The molecule has 0 unspecified atom stereocenters. The highest BCUT2D eigenvalue weighted by molar-refractivity contribution is 9.10. The lowest BCUT2D eigenvalue weighted by atomic mass is 10.2. The zero-order valence-electron chi connectivity index (χ0n) is 9.76. The molecule has 3 rings (SSSR count). The first-order valence-corrected chi connectivity index (χ1v) is 7.30. The van der Waals surface area contributed by atoms with Crippen LogP contribution in [0.4, 0.5) is 0 Å². The van der Waals surface area contributed by atoms with Gasteiger partial charge in [-0.3, -0.25) is 4.79 Å². The van der Waals surface area contributed by atoms with E-state index in [2.05, 4.69) is 26.0 Å². The molecule has 5 nitrogen and oxygen atoms in total. The molecular formula is C11H11BrN4OS. The van der Waals surface area contributed by atoms with Crippen molar-refractivity contribution in [3.8, 4) is 0 Å². The Morgan fingerprint density at radius 2 is 2.28 bits per heavy atom. The van der Waals surface area contributed by atoms with Crippen LogP contribution >= 0.6 is 27.3 Å². The quantitative estimate of drug-likeness (QED) is 0.806. The third-order valence-electron chi connectivity index (χ3n) is 2.90. The third kappa shape index (κ3) is 1.97. The summed E-state index contributed by atoms with van der Waals surface area (Å²) in [5.41, 5.74) is 0.727. The number of amides is 1. The highest BCUT2D eigenvalue weighted by Crippen LogP contribution is 2.24. The van der Waals surface area contributed by atoms with Crippen LogP contribution in [0.1, 0.15) is 22.0 Å². The van der Waals surface area contributed by atoms with Crippen molar-refractivity contribution in [2.24, 2.45) is 0 Å². The highest BCUT2D eigenvalue weighted by Gasteiger charge is 2.25. The number of thiophene rings is 1. The van der Waals surface area contributed by atoms with Crippen LogP contribution in [-0.4, -0.2) is 32.1 Å². The lowest BCUT2D eigenvalue weighted by Crippen LogP contribution is -2.38. The summed E-state index contributed by atoms with van der Waals surface area (Å²) in [7, 11) is 0. The molecule has 0 N–H and O–H groups in total. The Bertz CT molecular complexity index is 606. The van der Waals surface area contributed by atoms with Gasteiger partial charge in [-0.25, -0.2) is 9.67 Å². The molecule has 0 spiro atoms. The fraction of sp³-hybridized carbons (Fsp3) is 0.364. The van der Waals surface area contributed by atoms with Crippen molar-refractivity contribution < 1.29 is 4.79 Å². The van der Waals surface area contributed by atoms with Crippen molar-refractivity contribution >= 4 is 33.2 Å². The number of rotatable bonds is 1. The molecule has 1 aliphatic rings. The summed E-state index contributed by atoms with van der Waals surface area (Å²) in [6, 6.07) is 0. The molecule has 3 heterocycles. The Morgan fingerprint density at radius 3 is 3.00 bits per heavy atom. The van der Waals surface area contributed by atoms with Crippen molar-refractivity contribution in [3.05, 3.63) is 32.4 Å². The summed E-state index contributed by atoms with van der Waals surface area (Å²) >= 11 is 4.92. The zero-order valence-corrected chi connectivity index (χ0v) is 12.2. The van der Waals surface area contributed by atoms with Crippen LogP contribution in [0.25, 0.3) is 0 Å². The summed E-state index contributed by atoms with van der Waals surface area (Å²) in [4.78, 5) is 18.5. The van der Waals surface area contributed by atoms with Gasteiger partial charge in [-0.15, -0.1) is 0 Å². The minimum absolute atomic E-state index is 0.0510. The van der Waals surface area contributed by atoms with Crippen molar-refractivity contribution in [2.45, 2.75) is 20.0 Å². The Kier molecular flexibility index (Phi) is 2.95. The SMILES string of the molecule is Cc1nc2n(n1)CCN(C(=O)c1cscc1Br)C2. The predicted octanol–water partition coefficient (Wildman–Crippen LogP) is 2.07. The molecular weight excluding hydrogens is 316 g/mol. The van der Waals surface area contributed by atoms with Gasteiger partial charge in [0.05, 0.1) is 18.7 Å². The Hall–Kier alpha value is -1.21. The second-order valence-corrected chi connectivity index (χ2v) is 5.76. The highest BCUT2D eigenvalue weighted by atomic mass is 79.9. The van der Waals surface area contributed by atoms with E-state index >= 15 is 0 Å². The van der Waals surface area contributed by atoms with Crippen LogP contribution in [0.2, 0.25) is 0 Å². The number of nitrogens with zero attached hydrogens (tertiary/aromatic N) is 4. The van der Waals surface area contributed by atoms with Gasteiger partial charge in [0.1, 0.15) is 11.6 Å². The standard InChI is InChI=1S/C11H11BrN4OS/c1-7-13-10-4-15(2-3-16(10)14-7)11(17)8-5-18-6-9(8)12/h5-6H,2-4H2,1H3. The van der Waals surface area contributed by atoms with E-state index in [1.165, 1.54) is 11.3 Å². The molecule has 0 saturated carbocycles. The molecule has 0 atom stereocenters. The first kappa shape index (κ1) is 11.9. The van der Waals surface area contributed by atoms with Crippen LogP contribution in [-0.2, 0) is 13.1 Å². The van der Waals surface area contributed by atoms with Crippen LogP contribution in [0.15, 0.2) is 15.2 Å². The van der Waals surface area contributed by atoms with Crippen molar-refractivity contribution in [1.82, 2.24) is 19.7 Å². The maximum absolute atomic E-state index is 12.3. The molecule has 2 aromatic heterocycles. The van der Waals surface area contributed by atoms with Gasteiger partial charge in [-0.1, -0.05) is 0 Å². The van der Waals surface area contributed by atoms with E-state index < -0.39 is 0 Å². The molecule has 94 valence electrons. The van der Waals surface area contributed by atoms with Crippen molar-refractivity contribution in [3.63, 3.8) is 0 Å². The first-order chi connectivity index (χ1) is 8.65. The molecule has 0 radical (unpaired) electrons. The van der Waals surface area contributed by atoms with Gasteiger partial charge < -0.3 is 4.90 Å². The monoisotopic (exact) mass is 326 g/mol. The molecule has 2 aromatic rings. The molecule has 0 fully saturated rings. The van der Waals surface area contributed by atoms with E-state index in [-0.39, 0.29) is 5.91 Å². The summed E-state index contributed by atoms with van der Waals surface area (Å²) in [5.74, 6) is 1.67. The second-order valence-electron chi connectivity index (χ2n) is 4.16. The number of aromatic nitrogens is 3. The minimum atomic E-state index is 0.0510. The van der Waals surface area contributed by atoms with Gasteiger partial charge in [-0.2, -0.15) is 16.4 Å². The number of halogens is 1. The minimum Gasteiger partial charge on any atom is -0.329 e. The second kappa shape index (κ2) is 4.47. The average molecular weight is 327 g/mol. The Morgan fingerprint density at radius 1 is 1.44 bits per heavy atom. The predicted molar refractivity (Wildman–Crippen MR) is 71.5 cm³/mol. The largest absolute Gasteiger partial charge is 0.329 e. The lowest BCUT2D eigenvalue weighted by Gasteiger charge is -2.26. The summed E-state index contributed by atoms with van der Waals surface area (Å²) in [6.45, 7) is 3.79. The maximum Gasteiger partial charge on any atom is 0.256 e. The van der Waals surface area contributed by atoms with E-state index in [0.717, 1.165) is 21.7 Å². The lowest BCUT2D eigenvalue weighted by molar-refractivity contribution is 0.0702. The zero-order chi connectivity index (χ0) is 12.7.